The number of nitrogens with one attached hydrogen (secondary N) is 1. The molecule has 1 fully saturated rings. The van der Waals surface area contributed by atoms with Gasteiger partial charge in [-0.25, -0.2) is 9.97 Å². The number of aromatic nitrogens is 3. The summed E-state index contributed by atoms with van der Waals surface area (Å²) < 4.78 is 13.3. The van der Waals surface area contributed by atoms with Crippen LogP contribution in [0.2, 0.25) is 5.02 Å². The van der Waals surface area contributed by atoms with Gasteiger partial charge in [-0.3, -0.25) is 4.79 Å². The number of anilines is 1. The van der Waals surface area contributed by atoms with Gasteiger partial charge in [-0.05, 0) is 32.3 Å². The number of halogens is 2. The molecule has 1 N–H and O–H groups in total. The van der Waals surface area contributed by atoms with Crippen molar-refractivity contribution >= 4 is 17.4 Å². The molecule has 0 radical (unpaired) electrons. The fourth-order valence-electron chi connectivity index (χ4n) is 2.74. The molecule has 0 aliphatic carbocycles. The quantitative estimate of drug-likeness (QED) is 0.863. The van der Waals surface area contributed by atoms with E-state index in [1.807, 2.05) is 4.90 Å². The number of piperidine rings is 1. The van der Waals surface area contributed by atoms with Crippen LogP contribution in [0.3, 0.4) is 0 Å². The molecule has 3 rings (SSSR count). The van der Waals surface area contributed by atoms with Crippen molar-refractivity contribution in [1.29, 1.82) is 0 Å². The fourth-order valence-corrected chi connectivity index (χ4v) is 2.93. The van der Waals surface area contributed by atoms with Crippen LogP contribution >= 0.6 is 11.6 Å². The van der Waals surface area contributed by atoms with Gasteiger partial charge in [0.2, 0.25) is 5.95 Å². The molecule has 0 unspecified atom stereocenters. The van der Waals surface area contributed by atoms with Crippen molar-refractivity contribution in [3.05, 3.63) is 39.7 Å². The standard InChI is InChI=1S/C15H16ClFN4O/c1-9-4-2-3-7-21(9)14-12(16)15(22)20-13(19-14)10-5-6-18-11(17)8-10/h5-6,8-9H,2-4,7H2,1H3,(H,19,20,22)/t9-/m0/s1. The summed E-state index contributed by atoms with van der Waals surface area (Å²) in [5.74, 6) is 0.135. The molecule has 3 heterocycles. The van der Waals surface area contributed by atoms with Crippen LogP contribution < -0.4 is 10.5 Å². The van der Waals surface area contributed by atoms with Crippen molar-refractivity contribution in [3.63, 3.8) is 0 Å². The molecule has 0 bridgehead atoms. The van der Waals surface area contributed by atoms with Crippen LogP contribution in [0.1, 0.15) is 26.2 Å². The highest BCUT2D eigenvalue weighted by Crippen LogP contribution is 2.28. The first kappa shape index (κ1) is 15.0. The topological polar surface area (TPSA) is 61.9 Å². The first-order valence-electron chi connectivity index (χ1n) is 7.24. The maximum atomic E-state index is 13.3. The van der Waals surface area contributed by atoms with Gasteiger partial charge in [0.1, 0.15) is 10.8 Å². The maximum absolute atomic E-state index is 13.3. The molecule has 1 saturated heterocycles. The lowest BCUT2D eigenvalue weighted by Crippen LogP contribution is -2.39. The summed E-state index contributed by atoms with van der Waals surface area (Å²) in [6.07, 6.45) is 4.56. The van der Waals surface area contributed by atoms with Gasteiger partial charge in [0, 0.05) is 30.4 Å². The van der Waals surface area contributed by atoms with Crippen molar-refractivity contribution in [3.8, 4) is 11.4 Å². The van der Waals surface area contributed by atoms with E-state index >= 15 is 0 Å². The Hall–Kier alpha value is -1.95. The highest BCUT2D eigenvalue weighted by molar-refractivity contribution is 6.32. The summed E-state index contributed by atoms with van der Waals surface area (Å²) in [5, 5.41) is 0.0760. The van der Waals surface area contributed by atoms with Crippen molar-refractivity contribution in [1.82, 2.24) is 15.0 Å². The first-order valence-corrected chi connectivity index (χ1v) is 7.62. The lowest BCUT2D eigenvalue weighted by molar-refractivity contribution is 0.481. The smallest absolute Gasteiger partial charge is 0.272 e. The minimum Gasteiger partial charge on any atom is -0.352 e. The summed E-state index contributed by atoms with van der Waals surface area (Å²) in [6, 6.07) is 3.09. The van der Waals surface area contributed by atoms with E-state index in [0.717, 1.165) is 25.8 Å². The monoisotopic (exact) mass is 322 g/mol. The highest BCUT2D eigenvalue weighted by atomic mass is 35.5. The Bertz CT molecular complexity index is 749. The number of rotatable bonds is 2. The average Bonchev–Trinajstić information content (AvgIpc) is 2.51. The molecule has 0 aromatic carbocycles. The van der Waals surface area contributed by atoms with Crippen molar-refractivity contribution in [2.45, 2.75) is 32.2 Å². The second kappa shape index (κ2) is 6.04. The van der Waals surface area contributed by atoms with E-state index in [9.17, 15) is 9.18 Å². The Balaban J connectivity index is 2.09. The molecular weight excluding hydrogens is 307 g/mol. The van der Waals surface area contributed by atoms with Crippen molar-refractivity contribution in [2.24, 2.45) is 0 Å². The van der Waals surface area contributed by atoms with Crippen LogP contribution in [0.4, 0.5) is 10.2 Å². The normalized spacial score (nSPS) is 18.5. The molecule has 1 aliphatic rings. The molecule has 22 heavy (non-hydrogen) atoms. The van der Waals surface area contributed by atoms with E-state index < -0.39 is 11.5 Å². The lowest BCUT2D eigenvalue weighted by Gasteiger charge is -2.34. The van der Waals surface area contributed by atoms with E-state index in [4.69, 9.17) is 11.6 Å². The summed E-state index contributed by atoms with van der Waals surface area (Å²) in [4.78, 5) is 24.7. The van der Waals surface area contributed by atoms with Crippen LogP contribution in [0.5, 0.6) is 0 Å². The SMILES string of the molecule is C[C@H]1CCCCN1c1nc(-c2ccnc(F)c2)[nH]c(=O)c1Cl. The molecule has 1 atom stereocenters. The fraction of sp³-hybridized carbons (Fsp3) is 0.400. The van der Waals surface area contributed by atoms with Gasteiger partial charge in [0.15, 0.2) is 5.82 Å². The number of hydrogen-bond acceptors (Lipinski definition) is 4. The van der Waals surface area contributed by atoms with Gasteiger partial charge in [-0.2, -0.15) is 4.39 Å². The van der Waals surface area contributed by atoms with Crippen LogP contribution in [0, 0.1) is 5.95 Å². The Kier molecular flexibility index (Phi) is 4.11. The highest BCUT2D eigenvalue weighted by Gasteiger charge is 2.24. The zero-order valence-corrected chi connectivity index (χ0v) is 12.9. The number of H-pyrrole nitrogens is 1. The zero-order chi connectivity index (χ0) is 15.7. The van der Waals surface area contributed by atoms with Crippen molar-refractivity contribution in [2.75, 3.05) is 11.4 Å². The van der Waals surface area contributed by atoms with Crippen LogP contribution in [-0.4, -0.2) is 27.5 Å². The van der Waals surface area contributed by atoms with Crippen LogP contribution in [0.15, 0.2) is 23.1 Å². The summed E-state index contributed by atoms with van der Waals surface area (Å²) in [6.45, 7) is 2.89. The molecular formula is C15H16ClFN4O. The molecule has 7 heteroatoms. The van der Waals surface area contributed by atoms with Gasteiger partial charge in [-0.15, -0.1) is 0 Å². The number of pyridine rings is 1. The third-order valence-corrected chi connectivity index (χ3v) is 4.26. The Morgan fingerprint density at radius 2 is 2.27 bits per heavy atom. The molecule has 2 aromatic heterocycles. The largest absolute Gasteiger partial charge is 0.352 e. The van der Waals surface area contributed by atoms with Crippen LogP contribution in [0.25, 0.3) is 11.4 Å². The third-order valence-electron chi connectivity index (χ3n) is 3.92. The number of aromatic amines is 1. The lowest BCUT2D eigenvalue weighted by atomic mass is 10.0. The van der Waals surface area contributed by atoms with Gasteiger partial charge in [0.05, 0.1) is 0 Å². The second-order valence-electron chi connectivity index (χ2n) is 5.46. The Morgan fingerprint density at radius 1 is 1.45 bits per heavy atom. The second-order valence-corrected chi connectivity index (χ2v) is 5.84. The van der Waals surface area contributed by atoms with E-state index in [-0.39, 0.29) is 11.1 Å². The van der Waals surface area contributed by atoms with E-state index in [0.29, 0.717) is 17.2 Å². The molecule has 116 valence electrons. The summed E-state index contributed by atoms with van der Waals surface area (Å²) in [5.41, 5.74) is 0.0452. The maximum Gasteiger partial charge on any atom is 0.272 e. The van der Waals surface area contributed by atoms with E-state index in [2.05, 4.69) is 21.9 Å². The molecule has 1 aliphatic heterocycles. The Morgan fingerprint density at radius 3 is 3.00 bits per heavy atom. The average molecular weight is 323 g/mol. The third kappa shape index (κ3) is 2.83. The van der Waals surface area contributed by atoms with Gasteiger partial charge < -0.3 is 9.88 Å². The summed E-state index contributed by atoms with van der Waals surface area (Å²) >= 11 is 6.15. The number of hydrogen-bond donors (Lipinski definition) is 1. The predicted octanol–water partition coefficient (Wildman–Crippen LogP) is 3.00. The minimum atomic E-state index is -0.622. The first-order chi connectivity index (χ1) is 10.6. The molecule has 0 saturated carbocycles. The molecule has 0 spiro atoms. The molecule has 5 nitrogen and oxygen atoms in total. The molecule has 2 aromatic rings. The van der Waals surface area contributed by atoms with Gasteiger partial charge in [-0.1, -0.05) is 11.6 Å². The van der Waals surface area contributed by atoms with E-state index in [1.54, 1.807) is 6.07 Å². The van der Waals surface area contributed by atoms with E-state index in [1.165, 1.54) is 12.3 Å². The molecule has 0 amide bonds. The van der Waals surface area contributed by atoms with Gasteiger partial charge in [0.25, 0.3) is 5.56 Å². The zero-order valence-electron chi connectivity index (χ0n) is 12.1. The summed E-state index contributed by atoms with van der Waals surface area (Å²) in [7, 11) is 0. The minimum absolute atomic E-state index is 0.0760. The van der Waals surface area contributed by atoms with Crippen LogP contribution in [-0.2, 0) is 0 Å². The number of nitrogens with zero attached hydrogens (tertiary/aromatic N) is 3. The van der Waals surface area contributed by atoms with Crippen molar-refractivity contribution < 1.29 is 4.39 Å². The predicted molar refractivity (Wildman–Crippen MR) is 83.7 cm³/mol. The Labute approximate surface area is 132 Å². The van der Waals surface area contributed by atoms with Gasteiger partial charge >= 0.3 is 0 Å².